The maximum Gasteiger partial charge on any atom is 0.261 e. The number of anilines is 2. The highest BCUT2D eigenvalue weighted by Crippen LogP contribution is 2.34. The first-order valence-electron chi connectivity index (χ1n) is 6.40. The van der Waals surface area contributed by atoms with Crippen molar-refractivity contribution in [2.24, 2.45) is 0 Å². The molecule has 20 heavy (non-hydrogen) atoms. The largest absolute Gasteiger partial charge is 0.397 e. The van der Waals surface area contributed by atoms with Crippen molar-refractivity contribution in [1.29, 1.82) is 0 Å². The number of nitrogens with zero attached hydrogens (tertiary/aromatic N) is 2. The summed E-state index contributed by atoms with van der Waals surface area (Å²) < 4.78 is 0. The van der Waals surface area contributed by atoms with E-state index >= 15 is 0 Å². The molecule has 2 heterocycles. The summed E-state index contributed by atoms with van der Waals surface area (Å²) in [7, 11) is 0. The topological polar surface area (TPSA) is 59.2 Å². The lowest BCUT2D eigenvalue weighted by Gasteiger charge is -2.23. The molecule has 4 nitrogen and oxygen atoms in total. The first-order chi connectivity index (χ1) is 9.58. The van der Waals surface area contributed by atoms with Gasteiger partial charge in [-0.2, -0.15) is 0 Å². The summed E-state index contributed by atoms with van der Waals surface area (Å²) >= 11 is 6.03. The zero-order valence-electron chi connectivity index (χ0n) is 11.0. The van der Waals surface area contributed by atoms with Gasteiger partial charge in [-0.15, -0.1) is 0 Å². The van der Waals surface area contributed by atoms with Crippen LogP contribution in [0.15, 0.2) is 36.5 Å². The van der Waals surface area contributed by atoms with Gasteiger partial charge >= 0.3 is 0 Å². The molecular weight excluding hydrogens is 274 g/mol. The van der Waals surface area contributed by atoms with Gasteiger partial charge in [0.05, 0.1) is 17.4 Å². The van der Waals surface area contributed by atoms with Crippen molar-refractivity contribution in [2.75, 3.05) is 10.6 Å². The molecule has 0 spiro atoms. The summed E-state index contributed by atoms with van der Waals surface area (Å²) in [6, 6.07) is 9.57. The fraction of sp³-hybridized carbons (Fsp3) is 0.200. The van der Waals surface area contributed by atoms with Gasteiger partial charge in [-0.25, -0.2) is 4.98 Å². The number of para-hydroxylation sites is 1. The van der Waals surface area contributed by atoms with E-state index in [1.165, 1.54) is 11.8 Å². The Morgan fingerprint density at radius 3 is 3.00 bits per heavy atom. The molecule has 0 saturated heterocycles. The standard InChI is InChI=1S/C15H14ClN3O/c1-9-6-10-4-2-3-5-13(10)19(9)15(20)12-7-11(17)8-18-14(12)16/h2-5,7-9H,6,17H2,1H3. The second kappa shape index (κ2) is 4.80. The van der Waals surface area contributed by atoms with Gasteiger partial charge in [-0.05, 0) is 31.0 Å². The fourth-order valence-electron chi connectivity index (χ4n) is 2.62. The maximum absolute atomic E-state index is 12.7. The Kier molecular flexibility index (Phi) is 3.10. The number of aromatic nitrogens is 1. The molecule has 102 valence electrons. The van der Waals surface area contributed by atoms with Crippen molar-refractivity contribution in [1.82, 2.24) is 4.98 Å². The highest BCUT2D eigenvalue weighted by molar-refractivity contribution is 6.33. The Hall–Kier alpha value is -2.07. The third-order valence-electron chi connectivity index (χ3n) is 3.52. The quantitative estimate of drug-likeness (QED) is 0.821. The molecule has 1 amide bonds. The van der Waals surface area contributed by atoms with Crippen LogP contribution >= 0.6 is 11.6 Å². The highest BCUT2D eigenvalue weighted by Gasteiger charge is 2.32. The van der Waals surface area contributed by atoms with Gasteiger partial charge in [-0.1, -0.05) is 29.8 Å². The Morgan fingerprint density at radius 1 is 1.45 bits per heavy atom. The number of halogens is 1. The van der Waals surface area contributed by atoms with E-state index in [4.69, 9.17) is 17.3 Å². The predicted octanol–water partition coefficient (Wildman–Crippen LogP) is 2.91. The Morgan fingerprint density at radius 2 is 2.20 bits per heavy atom. The van der Waals surface area contributed by atoms with E-state index in [-0.39, 0.29) is 17.1 Å². The summed E-state index contributed by atoms with van der Waals surface area (Å²) in [6.07, 6.45) is 2.29. The number of rotatable bonds is 1. The number of carbonyl (C=O) groups excluding carboxylic acids is 1. The molecule has 2 N–H and O–H groups in total. The molecule has 2 aromatic rings. The van der Waals surface area contributed by atoms with Crippen LogP contribution in [-0.4, -0.2) is 16.9 Å². The van der Waals surface area contributed by atoms with E-state index in [2.05, 4.69) is 4.98 Å². The number of hydrogen-bond donors (Lipinski definition) is 1. The summed E-state index contributed by atoms with van der Waals surface area (Å²) in [5, 5.41) is 0.181. The maximum atomic E-state index is 12.7. The molecule has 1 aliphatic rings. The number of amides is 1. The summed E-state index contributed by atoms with van der Waals surface area (Å²) in [6.45, 7) is 2.02. The third kappa shape index (κ3) is 2.02. The number of fused-ring (bicyclic) bond motifs is 1. The molecule has 1 aromatic carbocycles. The van der Waals surface area contributed by atoms with E-state index in [1.807, 2.05) is 31.2 Å². The van der Waals surface area contributed by atoms with Gasteiger partial charge in [0.15, 0.2) is 0 Å². The Balaban J connectivity index is 2.05. The zero-order valence-corrected chi connectivity index (χ0v) is 11.8. The lowest BCUT2D eigenvalue weighted by atomic mass is 10.1. The predicted molar refractivity (Wildman–Crippen MR) is 80.1 cm³/mol. The number of benzene rings is 1. The third-order valence-corrected chi connectivity index (χ3v) is 3.82. The number of hydrogen-bond acceptors (Lipinski definition) is 3. The number of pyridine rings is 1. The van der Waals surface area contributed by atoms with Gasteiger partial charge < -0.3 is 10.6 Å². The molecule has 0 radical (unpaired) electrons. The minimum atomic E-state index is -0.160. The van der Waals surface area contributed by atoms with Crippen molar-refractivity contribution in [3.05, 3.63) is 52.8 Å². The fourth-order valence-corrected chi connectivity index (χ4v) is 2.80. The molecule has 0 bridgehead atoms. The van der Waals surface area contributed by atoms with Crippen LogP contribution in [0.4, 0.5) is 11.4 Å². The van der Waals surface area contributed by atoms with Crippen LogP contribution in [0.5, 0.6) is 0 Å². The average Bonchev–Trinajstić information content (AvgIpc) is 2.76. The van der Waals surface area contributed by atoms with E-state index in [9.17, 15) is 4.79 Å². The molecule has 5 heteroatoms. The van der Waals surface area contributed by atoms with Crippen molar-refractivity contribution < 1.29 is 4.79 Å². The zero-order chi connectivity index (χ0) is 14.3. The van der Waals surface area contributed by atoms with Crippen molar-refractivity contribution in [2.45, 2.75) is 19.4 Å². The monoisotopic (exact) mass is 287 g/mol. The average molecular weight is 288 g/mol. The first-order valence-corrected chi connectivity index (χ1v) is 6.78. The lowest BCUT2D eigenvalue weighted by molar-refractivity contribution is 0.0981. The number of nitrogen functional groups attached to an aromatic ring is 1. The van der Waals surface area contributed by atoms with Crippen LogP contribution in [0.1, 0.15) is 22.8 Å². The lowest BCUT2D eigenvalue weighted by Crippen LogP contribution is -2.36. The summed E-state index contributed by atoms with van der Waals surface area (Å²) in [5.41, 5.74) is 8.57. The molecule has 1 aromatic heterocycles. The van der Waals surface area contributed by atoms with E-state index in [1.54, 1.807) is 11.0 Å². The van der Waals surface area contributed by atoms with Gasteiger partial charge in [-0.3, -0.25) is 4.79 Å². The molecule has 1 aliphatic heterocycles. The van der Waals surface area contributed by atoms with Crippen molar-refractivity contribution in [3.8, 4) is 0 Å². The van der Waals surface area contributed by atoms with Crippen LogP contribution in [0.25, 0.3) is 0 Å². The van der Waals surface area contributed by atoms with E-state index in [0.717, 1.165) is 12.1 Å². The van der Waals surface area contributed by atoms with Gasteiger partial charge in [0, 0.05) is 11.7 Å². The van der Waals surface area contributed by atoms with Crippen molar-refractivity contribution in [3.63, 3.8) is 0 Å². The number of carbonyl (C=O) groups is 1. The van der Waals surface area contributed by atoms with Crippen LogP contribution in [0.3, 0.4) is 0 Å². The van der Waals surface area contributed by atoms with Crippen LogP contribution in [0, 0.1) is 0 Å². The van der Waals surface area contributed by atoms with E-state index < -0.39 is 0 Å². The summed E-state index contributed by atoms with van der Waals surface area (Å²) in [4.78, 5) is 18.4. The van der Waals surface area contributed by atoms with Gasteiger partial charge in [0.25, 0.3) is 5.91 Å². The molecule has 1 unspecified atom stereocenters. The smallest absolute Gasteiger partial charge is 0.261 e. The van der Waals surface area contributed by atoms with Crippen LogP contribution < -0.4 is 10.6 Å². The second-order valence-electron chi connectivity index (χ2n) is 4.96. The Labute approximate surface area is 122 Å². The van der Waals surface area contributed by atoms with E-state index in [0.29, 0.717) is 11.3 Å². The SMILES string of the molecule is CC1Cc2ccccc2N1C(=O)c1cc(N)cnc1Cl. The molecule has 1 atom stereocenters. The molecule has 3 rings (SSSR count). The minimum Gasteiger partial charge on any atom is -0.397 e. The molecule has 0 fully saturated rings. The highest BCUT2D eigenvalue weighted by atomic mass is 35.5. The minimum absolute atomic E-state index is 0.0948. The Bertz CT molecular complexity index is 687. The van der Waals surface area contributed by atoms with Crippen LogP contribution in [-0.2, 0) is 6.42 Å². The second-order valence-corrected chi connectivity index (χ2v) is 5.32. The first kappa shape index (κ1) is 12.9. The normalized spacial score (nSPS) is 17.1. The molecular formula is C15H14ClN3O. The van der Waals surface area contributed by atoms with Crippen LogP contribution in [0.2, 0.25) is 5.15 Å². The van der Waals surface area contributed by atoms with Gasteiger partial charge in [0.1, 0.15) is 5.15 Å². The summed E-state index contributed by atoms with van der Waals surface area (Å²) in [5.74, 6) is -0.160. The molecule has 0 aliphatic carbocycles. The van der Waals surface area contributed by atoms with Gasteiger partial charge in [0.2, 0.25) is 0 Å². The van der Waals surface area contributed by atoms with Crippen molar-refractivity contribution >= 4 is 28.9 Å². The number of nitrogens with two attached hydrogens (primary N) is 1. The molecule has 0 saturated carbocycles.